The Morgan fingerprint density at radius 2 is 1.81 bits per heavy atom. The maximum atomic E-state index is 12.4. The van der Waals surface area contributed by atoms with Gasteiger partial charge in [0.15, 0.2) is 12.3 Å². The van der Waals surface area contributed by atoms with Gasteiger partial charge in [-0.3, -0.25) is 4.79 Å². The van der Waals surface area contributed by atoms with Gasteiger partial charge in [0, 0.05) is 28.2 Å². The van der Waals surface area contributed by atoms with Crippen molar-refractivity contribution in [2.24, 2.45) is 0 Å². The van der Waals surface area contributed by atoms with Crippen molar-refractivity contribution in [3.05, 3.63) is 70.7 Å². The molecule has 1 heterocycles. The van der Waals surface area contributed by atoms with E-state index in [1.54, 1.807) is 22.4 Å². The molecule has 0 spiro atoms. The molecule has 0 aliphatic carbocycles. The van der Waals surface area contributed by atoms with Crippen molar-refractivity contribution < 1.29 is 14.3 Å². The fourth-order valence-corrected chi connectivity index (χ4v) is 3.40. The van der Waals surface area contributed by atoms with Crippen molar-refractivity contribution >= 4 is 40.5 Å². The van der Waals surface area contributed by atoms with Gasteiger partial charge < -0.3 is 9.64 Å². The van der Waals surface area contributed by atoms with Crippen LogP contribution in [0.15, 0.2) is 60.0 Å². The number of anilines is 1. The van der Waals surface area contributed by atoms with Gasteiger partial charge in [-0.25, -0.2) is 9.78 Å². The zero-order valence-corrected chi connectivity index (χ0v) is 16.2. The second-order valence-electron chi connectivity index (χ2n) is 5.59. The number of amides is 1. The van der Waals surface area contributed by atoms with E-state index in [9.17, 15) is 9.59 Å². The lowest BCUT2D eigenvalue weighted by Crippen LogP contribution is -2.34. The van der Waals surface area contributed by atoms with Gasteiger partial charge in [-0.1, -0.05) is 41.9 Å². The van der Waals surface area contributed by atoms with Crippen LogP contribution in [0.4, 0.5) is 5.69 Å². The Labute approximate surface area is 166 Å². The Morgan fingerprint density at radius 3 is 2.48 bits per heavy atom. The molecule has 138 valence electrons. The molecule has 0 aliphatic heterocycles. The molecule has 0 atom stereocenters. The first-order valence-electron chi connectivity index (χ1n) is 8.32. The van der Waals surface area contributed by atoms with E-state index in [0.717, 1.165) is 11.3 Å². The summed E-state index contributed by atoms with van der Waals surface area (Å²) in [5, 5.41) is 2.93. The first-order chi connectivity index (χ1) is 13.1. The maximum absolute atomic E-state index is 12.4. The minimum absolute atomic E-state index is 0.181. The Kier molecular flexibility index (Phi) is 6.21. The topological polar surface area (TPSA) is 59.5 Å². The van der Waals surface area contributed by atoms with Gasteiger partial charge in [0.25, 0.3) is 5.91 Å². The molecule has 0 unspecified atom stereocenters. The normalized spacial score (nSPS) is 10.4. The van der Waals surface area contributed by atoms with Crippen molar-refractivity contribution in [2.45, 2.75) is 6.92 Å². The van der Waals surface area contributed by atoms with Crippen LogP contribution in [0, 0.1) is 0 Å². The van der Waals surface area contributed by atoms with Crippen molar-refractivity contribution in [3.8, 4) is 10.6 Å². The van der Waals surface area contributed by atoms with Crippen molar-refractivity contribution in [1.29, 1.82) is 0 Å². The van der Waals surface area contributed by atoms with Gasteiger partial charge in [-0.15, -0.1) is 11.3 Å². The van der Waals surface area contributed by atoms with E-state index in [-0.39, 0.29) is 18.2 Å². The van der Waals surface area contributed by atoms with E-state index in [1.807, 2.05) is 49.4 Å². The molecular weight excluding hydrogens is 384 g/mol. The number of halogens is 1. The van der Waals surface area contributed by atoms with E-state index in [2.05, 4.69) is 4.98 Å². The van der Waals surface area contributed by atoms with Gasteiger partial charge in [0.2, 0.25) is 0 Å². The number of benzene rings is 2. The summed E-state index contributed by atoms with van der Waals surface area (Å²) in [6.07, 6.45) is 0. The van der Waals surface area contributed by atoms with Crippen molar-refractivity contribution in [3.63, 3.8) is 0 Å². The highest BCUT2D eigenvalue weighted by molar-refractivity contribution is 7.13. The fourth-order valence-electron chi connectivity index (χ4n) is 2.48. The number of carbonyl (C=O) groups excluding carboxylic acids is 2. The molecule has 0 aliphatic rings. The molecule has 0 fully saturated rings. The van der Waals surface area contributed by atoms with Crippen molar-refractivity contribution in [1.82, 2.24) is 4.98 Å². The van der Waals surface area contributed by atoms with Gasteiger partial charge in [-0.05, 0) is 31.2 Å². The number of likely N-dealkylation sites (N-methyl/N-ethyl adjacent to an activating group) is 1. The van der Waals surface area contributed by atoms with Gasteiger partial charge in [0.05, 0.1) is 0 Å². The van der Waals surface area contributed by atoms with Crippen LogP contribution < -0.4 is 4.90 Å². The predicted molar refractivity (Wildman–Crippen MR) is 107 cm³/mol. The molecule has 2 aromatic carbocycles. The van der Waals surface area contributed by atoms with Crippen LogP contribution in [0.3, 0.4) is 0 Å². The van der Waals surface area contributed by atoms with Crippen LogP contribution in [0.1, 0.15) is 17.4 Å². The molecule has 0 N–H and O–H groups in total. The quantitative estimate of drug-likeness (QED) is 0.564. The monoisotopic (exact) mass is 400 g/mol. The number of para-hydroxylation sites is 1. The summed E-state index contributed by atoms with van der Waals surface area (Å²) in [6.45, 7) is 2.01. The average Bonchev–Trinajstić information content (AvgIpc) is 3.18. The van der Waals surface area contributed by atoms with E-state index >= 15 is 0 Å². The van der Waals surface area contributed by atoms with Crippen LogP contribution in [0.2, 0.25) is 5.02 Å². The maximum Gasteiger partial charge on any atom is 0.358 e. The molecular formula is C20H17ClN2O3S. The number of nitrogens with zero attached hydrogens (tertiary/aromatic N) is 2. The lowest BCUT2D eigenvalue weighted by Gasteiger charge is -2.20. The van der Waals surface area contributed by atoms with Crippen LogP contribution in [0.5, 0.6) is 0 Å². The molecule has 3 aromatic rings. The zero-order chi connectivity index (χ0) is 19.2. The number of aromatic nitrogens is 1. The van der Waals surface area contributed by atoms with E-state index in [0.29, 0.717) is 16.6 Å². The lowest BCUT2D eigenvalue weighted by atomic mass is 10.2. The van der Waals surface area contributed by atoms with Crippen LogP contribution in [0.25, 0.3) is 10.6 Å². The Bertz CT molecular complexity index is 926. The minimum atomic E-state index is -0.621. The molecule has 1 aromatic heterocycles. The standard InChI is InChI=1S/C20H17ClN2O3S/c1-2-23(16-6-4-3-5-7-16)18(24)12-26-20(25)17-13-27-19(22-17)14-8-10-15(21)11-9-14/h3-11,13H,2,12H2,1H3. The van der Waals surface area contributed by atoms with Crippen LogP contribution in [-0.2, 0) is 9.53 Å². The van der Waals surface area contributed by atoms with Gasteiger partial charge in [0.1, 0.15) is 5.01 Å². The second kappa shape index (κ2) is 8.79. The molecule has 0 saturated heterocycles. The molecule has 7 heteroatoms. The summed E-state index contributed by atoms with van der Waals surface area (Å²) < 4.78 is 5.16. The molecule has 0 bridgehead atoms. The minimum Gasteiger partial charge on any atom is -0.451 e. The summed E-state index contributed by atoms with van der Waals surface area (Å²) in [5.41, 5.74) is 1.81. The third-order valence-corrected chi connectivity index (χ3v) is 4.96. The number of thiazole rings is 1. The number of hydrogen-bond donors (Lipinski definition) is 0. The Morgan fingerprint density at radius 1 is 1.11 bits per heavy atom. The van der Waals surface area contributed by atoms with E-state index in [4.69, 9.17) is 16.3 Å². The van der Waals surface area contributed by atoms with Gasteiger partial charge >= 0.3 is 5.97 Å². The Balaban J connectivity index is 1.62. The van der Waals surface area contributed by atoms with Crippen LogP contribution in [-0.4, -0.2) is 30.0 Å². The zero-order valence-electron chi connectivity index (χ0n) is 14.6. The number of hydrogen-bond acceptors (Lipinski definition) is 5. The highest BCUT2D eigenvalue weighted by atomic mass is 35.5. The first-order valence-corrected chi connectivity index (χ1v) is 9.58. The second-order valence-corrected chi connectivity index (χ2v) is 6.89. The summed E-state index contributed by atoms with van der Waals surface area (Å²) in [7, 11) is 0. The Hall–Kier alpha value is -2.70. The molecule has 0 radical (unpaired) electrons. The number of esters is 1. The van der Waals surface area contributed by atoms with E-state index in [1.165, 1.54) is 11.3 Å². The molecule has 27 heavy (non-hydrogen) atoms. The molecule has 5 nitrogen and oxygen atoms in total. The summed E-state index contributed by atoms with van der Waals surface area (Å²) in [5.74, 6) is -0.908. The molecule has 1 amide bonds. The number of ether oxygens (including phenoxy) is 1. The molecule has 3 rings (SSSR count). The highest BCUT2D eigenvalue weighted by Crippen LogP contribution is 2.25. The predicted octanol–water partition coefficient (Wildman–Crippen LogP) is 4.67. The van der Waals surface area contributed by atoms with Crippen molar-refractivity contribution in [2.75, 3.05) is 18.1 Å². The lowest BCUT2D eigenvalue weighted by molar-refractivity contribution is -0.121. The largest absolute Gasteiger partial charge is 0.451 e. The summed E-state index contributed by atoms with van der Waals surface area (Å²) in [6, 6.07) is 16.4. The third kappa shape index (κ3) is 4.72. The van der Waals surface area contributed by atoms with Crippen LogP contribution >= 0.6 is 22.9 Å². The smallest absolute Gasteiger partial charge is 0.358 e. The first kappa shape index (κ1) is 19.1. The fraction of sp³-hybridized carbons (Fsp3) is 0.150. The summed E-state index contributed by atoms with van der Waals surface area (Å²) >= 11 is 7.21. The van der Waals surface area contributed by atoms with E-state index < -0.39 is 5.97 Å². The summed E-state index contributed by atoms with van der Waals surface area (Å²) in [4.78, 5) is 30.5. The highest BCUT2D eigenvalue weighted by Gasteiger charge is 2.18. The average molecular weight is 401 g/mol. The number of rotatable bonds is 6. The SMILES string of the molecule is CCN(C(=O)COC(=O)c1csc(-c2ccc(Cl)cc2)n1)c1ccccc1. The third-order valence-electron chi connectivity index (χ3n) is 3.82. The number of carbonyl (C=O) groups is 2. The molecule has 0 saturated carbocycles. The van der Waals surface area contributed by atoms with Gasteiger partial charge in [-0.2, -0.15) is 0 Å².